The van der Waals surface area contributed by atoms with Crippen LogP contribution in [0.15, 0.2) is 35.2 Å². The van der Waals surface area contributed by atoms with E-state index in [4.69, 9.17) is 5.73 Å². The van der Waals surface area contributed by atoms with Crippen molar-refractivity contribution in [1.82, 2.24) is 10.2 Å². The molecule has 0 saturated carbocycles. The van der Waals surface area contributed by atoms with E-state index >= 15 is 0 Å². The van der Waals surface area contributed by atoms with Crippen molar-refractivity contribution < 1.29 is 8.42 Å². The Balaban J connectivity index is 1.86. The molecule has 0 radical (unpaired) electrons. The van der Waals surface area contributed by atoms with Crippen LogP contribution in [0.1, 0.15) is 5.69 Å². The zero-order valence-corrected chi connectivity index (χ0v) is 12.6. The number of rotatable bonds is 6. The van der Waals surface area contributed by atoms with Gasteiger partial charge in [-0.15, -0.1) is 11.8 Å². The Morgan fingerprint density at radius 1 is 1.40 bits per heavy atom. The number of aromatic amines is 1. The maximum atomic E-state index is 11.9. The molecule has 0 bridgehead atoms. The number of nitrogen functional groups attached to an aromatic ring is 1. The fraction of sp³-hybridized carbons (Fsp3) is 0.250. The van der Waals surface area contributed by atoms with Crippen molar-refractivity contribution in [1.29, 1.82) is 0 Å². The Morgan fingerprint density at radius 3 is 2.85 bits per heavy atom. The van der Waals surface area contributed by atoms with Gasteiger partial charge in [0, 0.05) is 28.1 Å². The van der Waals surface area contributed by atoms with E-state index < -0.39 is 10.0 Å². The van der Waals surface area contributed by atoms with Crippen LogP contribution in [-0.4, -0.2) is 30.1 Å². The Labute approximate surface area is 122 Å². The number of nitrogens with zero attached hydrogens (tertiary/aromatic N) is 1. The maximum absolute atomic E-state index is 11.9. The van der Waals surface area contributed by atoms with Crippen LogP contribution in [0.5, 0.6) is 0 Å². The number of nitrogens with one attached hydrogen (secondary N) is 2. The third-order valence-corrected chi connectivity index (χ3v) is 4.96. The van der Waals surface area contributed by atoms with Crippen LogP contribution in [0.4, 0.5) is 11.5 Å². The lowest BCUT2D eigenvalue weighted by Crippen LogP contribution is -2.18. The highest BCUT2D eigenvalue weighted by Gasteiger charge is 2.12. The maximum Gasteiger partial charge on any atom is 0.234 e. The van der Waals surface area contributed by atoms with E-state index in [-0.39, 0.29) is 5.75 Å². The first-order chi connectivity index (χ1) is 9.44. The molecule has 0 aliphatic rings. The van der Waals surface area contributed by atoms with Gasteiger partial charge in [-0.2, -0.15) is 5.10 Å². The summed E-state index contributed by atoms with van der Waals surface area (Å²) in [6.45, 7) is 1.81. The highest BCUT2D eigenvalue weighted by Crippen LogP contribution is 2.20. The van der Waals surface area contributed by atoms with Gasteiger partial charge in [-0.1, -0.05) is 6.07 Å². The summed E-state index contributed by atoms with van der Waals surface area (Å²) in [5.41, 5.74) is 7.14. The van der Waals surface area contributed by atoms with Gasteiger partial charge in [0.25, 0.3) is 0 Å². The number of hydrogen-bond donors (Lipinski definition) is 3. The van der Waals surface area contributed by atoms with Crippen LogP contribution in [0.3, 0.4) is 0 Å². The fourth-order valence-corrected chi connectivity index (χ4v) is 3.92. The summed E-state index contributed by atoms with van der Waals surface area (Å²) in [5.74, 6) is 0.775. The molecule has 1 aromatic heterocycles. The number of thioether (sulfide) groups is 1. The molecule has 1 aromatic carbocycles. The number of anilines is 2. The number of aromatic nitrogens is 2. The summed E-state index contributed by atoms with van der Waals surface area (Å²) in [4.78, 5) is 0.954. The summed E-state index contributed by atoms with van der Waals surface area (Å²) in [6.07, 6.45) is 0. The van der Waals surface area contributed by atoms with Crippen LogP contribution >= 0.6 is 11.8 Å². The van der Waals surface area contributed by atoms with Crippen molar-refractivity contribution in [2.75, 3.05) is 22.0 Å². The quantitative estimate of drug-likeness (QED) is 0.558. The molecule has 0 atom stereocenters. The van der Waals surface area contributed by atoms with Gasteiger partial charge in [0.2, 0.25) is 10.0 Å². The Morgan fingerprint density at radius 2 is 2.20 bits per heavy atom. The van der Waals surface area contributed by atoms with Gasteiger partial charge >= 0.3 is 0 Å². The van der Waals surface area contributed by atoms with Crippen molar-refractivity contribution >= 4 is 33.3 Å². The second-order valence-corrected chi connectivity index (χ2v) is 7.29. The van der Waals surface area contributed by atoms with Gasteiger partial charge in [-0.3, -0.25) is 9.82 Å². The summed E-state index contributed by atoms with van der Waals surface area (Å²) < 4.78 is 26.2. The molecule has 1 heterocycles. The first-order valence-electron chi connectivity index (χ1n) is 5.95. The highest BCUT2D eigenvalue weighted by atomic mass is 32.2. The van der Waals surface area contributed by atoms with Crippen LogP contribution in [0, 0.1) is 6.92 Å². The topological polar surface area (TPSA) is 101 Å². The zero-order chi connectivity index (χ0) is 14.6. The molecular formula is C12H16N4O2S2. The predicted octanol–water partition coefficient (Wildman–Crippen LogP) is 1.83. The Hall–Kier alpha value is -1.67. The van der Waals surface area contributed by atoms with E-state index in [0.29, 0.717) is 17.3 Å². The lowest BCUT2D eigenvalue weighted by Gasteiger charge is -2.05. The minimum atomic E-state index is -3.39. The average Bonchev–Trinajstić information content (AvgIpc) is 2.73. The van der Waals surface area contributed by atoms with E-state index in [1.807, 2.05) is 18.2 Å². The SMILES string of the molecule is Cc1cc(NS(=O)(=O)CCSc2cccc(N)c2)n[nH]1. The number of hydrogen-bond acceptors (Lipinski definition) is 5. The summed E-state index contributed by atoms with van der Waals surface area (Å²) in [5, 5.41) is 6.52. The van der Waals surface area contributed by atoms with Gasteiger partial charge in [-0.05, 0) is 25.1 Å². The van der Waals surface area contributed by atoms with Crippen LogP contribution < -0.4 is 10.5 Å². The van der Waals surface area contributed by atoms with Gasteiger partial charge in [0.1, 0.15) is 0 Å². The molecule has 0 fully saturated rings. The Bertz CT molecular complexity index is 682. The minimum absolute atomic E-state index is 0.0123. The van der Waals surface area contributed by atoms with Crippen molar-refractivity contribution in [2.45, 2.75) is 11.8 Å². The molecule has 4 N–H and O–H groups in total. The molecule has 2 aromatic rings. The van der Waals surface area contributed by atoms with E-state index in [1.54, 1.807) is 19.1 Å². The van der Waals surface area contributed by atoms with Crippen molar-refractivity contribution in [2.24, 2.45) is 0 Å². The molecule has 0 spiro atoms. The first-order valence-corrected chi connectivity index (χ1v) is 8.59. The average molecular weight is 312 g/mol. The second kappa shape index (κ2) is 6.19. The molecule has 0 amide bonds. The molecule has 0 aliphatic heterocycles. The van der Waals surface area contributed by atoms with Gasteiger partial charge in [-0.25, -0.2) is 8.42 Å². The highest BCUT2D eigenvalue weighted by molar-refractivity contribution is 8.01. The first kappa shape index (κ1) is 14.7. The molecule has 2 rings (SSSR count). The van der Waals surface area contributed by atoms with Gasteiger partial charge < -0.3 is 5.73 Å². The molecule has 8 heteroatoms. The summed E-state index contributed by atoms with van der Waals surface area (Å²) in [7, 11) is -3.39. The standard InChI is InChI=1S/C12H16N4O2S2/c1-9-7-12(15-14-9)16-20(17,18)6-5-19-11-4-2-3-10(13)8-11/h2-4,7-8H,5-6,13H2,1H3,(H2,14,15,16). The van der Waals surface area contributed by atoms with E-state index in [0.717, 1.165) is 10.6 Å². The summed E-state index contributed by atoms with van der Waals surface area (Å²) >= 11 is 1.45. The molecule has 6 nitrogen and oxygen atoms in total. The number of benzene rings is 1. The largest absolute Gasteiger partial charge is 0.399 e. The number of aryl methyl sites for hydroxylation is 1. The van der Waals surface area contributed by atoms with Crippen LogP contribution in [0.25, 0.3) is 0 Å². The van der Waals surface area contributed by atoms with E-state index in [1.165, 1.54) is 11.8 Å². The van der Waals surface area contributed by atoms with Crippen molar-refractivity contribution in [3.05, 3.63) is 36.0 Å². The molecule has 20 heavy (non-hydrogen) atoms. The molecule has 108 valence electrons. The number of sulfonamides is 1. The van der Waals surface area contributed by atoms with Crippen LogP contribution in [-0.2, 0) is 10.0 Å². The molecule has 0 aliphatic carbocycles. The van der Waals surface area contributed by atoms with Crippen molar-refractivity contribution in [3.63, 3.8) is 0 Å². The molecule has 0 saturated heterocycles. The smallest absolute Gasteiger partial charge is 0.234 e. The second-order valence-electron chi connectivity index (χ2n) is 4.28. The Kier molecular flexibility index (Phi) is 4.56. The molecule has 0 unspecified atom stereocenters. The fourth-order valence-electron chi connectivity index (χ4n) is 1.55. The third-order valence-electron chi connectivity index (χ3n) is 2.44. The number of H-pyrrole nitrogens is 1. The lowest BCUT2D eigenvalue weighted by molar-refractivity contribution is 0.602. The monoisotopic (exact) mass is 312 g/mol. The van der Waals surface area contributed by atoms with E-state index in [2.05, 4.69) is 14.9 Å². The minimum Gasteiger partial charge on any atom is -0.399 e. The lowest BCUT2D eigenvalue weighted by atomic mass is 10.3. The predicted molar refractivity (Wildman–Crippen MR) is 82.3 cm³/mol. The summed E-state index contributed by atoms with van der Waals surface area (Å²) in [6, 6.07) is 9.00. The third kappa shape index (κ3) is 4.46. The van der Waals surface area contributed by atoms with Gasteiger partial charge in [0.15, 0.2) is 5.82 Å². The van der Waals surface area contributed by atoms with Gasteiger partial charge in [0.05, 0.1) is 5.75 Å². The number of nitrogens with two attached hydrogens (primary N) is 1. The normalized spacial score (nSPS) is 11.4. The van der Waals surface area contributed by atoms with Crippen LogP contribution in [0.2, 0.25) is 0 Å². The zero-order valence-electron chi connectivity index (χ0n) is 11.0. The van der Waals surface area contributed by atoms with Crippen molar-refractivity contribution in [3.8, 4) is 0 Å². The van der Waals surface area contributed by atoms with E-state index in [9.17, 15) is 8.42 Å². The molecular weight excluding hydrogens is 296 g/mol.